The molecule has 0 atom stereocenters. The third kappa shape index (κ3) is 3.74. The Hall–Kier alpha value is -1.15. The van der Waals surface area contributed by atoms with Crippen molar-refractivity contribution in [3.63, 3.8) is 0 Å². The Labute approximate surface area is 128 Å². The summed E-state index contributed by atoms with van der Waals surface area (Å²) in [5.74, 6) is 1.26. The second-order valence-electron chi connectivity index (χ2n) is 6.98. The number of rotatable bonds is 2. The molecule has 1 fully saturated rings. The van der Waals surface area contributed by atoms with E-state index in [1.807, 2.05) is 0 Å². The van der Waals surface area contributed by atoms with Gasteiger partial charge in [0.1, 0.15) is 0 Å². The molecule has 1 aliphatic heterocycles. The van der Waals surface area contributed by atoms with Gasteiger partial charge in [-0.25, -0.2) is 0 Å². The third-order valence-corrected chi connectivity index (χ3v) is 4.94. The van der Waals surface area contributed by atoms with E-state index in [1.54, 1.807) is 0 Å². The summed E-state index contributed by atoms with van der Waals surface area (Å²) < 4.78 is 0. The lowest BCUT2D eigenvalue weighted by Crippen LogP contribution is -2.30. The van der Waals surface area contributed by atoms with E-state index in [-0.39, 0.29) is 0 Å². The normalized spacial score (nSPS) is 21.1. The molecule has 3 rings (SSSR count). The maximum absolute atomic E-state index is 12.6. The number of Topliss-reactive ketones (excluding diaryl/α,β-unsaturated/α-hetero) is 1. The summed E-state index contributed by atoms with van der Waals surface area (Å²) in [7, 11) is 0. The highest BCUT2D eigenvalue weighted by Gasteiger charge is 2.25. The number of ketones is 1. The summed E-state index contributed by atoms with van der Waals surface area (Å²) in [4.78, 5) is 15.2. The second kappa shape index (κ2) is 6.31. The summed E-state index contributed by atoms with van der Waals surface area (Å²) in [5.41, 5.74) is 4.82. The molecular formula is C19H27NO. The number of nitrogens with zero attached hydrogens (tertiary/aromatic N) is 1. The van der Waals surface area contributed by atoms with Crippen LogP contribution in [-0.2, 0) is 6.42 Å². The number of carbonyl (C=O) groups is 1. The summed E-state index contributed by atoms with van der Waals surface area (Å²) in [6, 6.07) is 4.33. The van der Waals surface area contributed by atoms with E-state index in [9.17, 15) is 4.79 Å². The molecule has 1 aromatic rings. The van der Waals surface area contributed by atoms with E-state index in [0.717, 1.165) is 24.4 Å². The molecule has 0 amide bonds. The minimum absolute atomic E-state index is 0.347. The molecule has 114 valence electrons. The lowest BCUT2D eigenvalue weighted by molar-refractivity contribution is 0.0959. The topological polar surface area (TPSA) is 20.3 Å². The fraction of sp³-hybridized carbons (Fsp3) is 0.632. The van der Waals surface area contributed by atoms with Crippen molar-refractivity contribution < 1.29 is 4.79 Å². The van der Waals surface area contributed by atoms with Crippen LogP contribution in [0.4, 0.5) is 0 Å². The van der Waals surface area contributed by atoms with Crippen molar-refractivity contribution in [2.45, 2.75) is 52.4 Å². The predicted octanol–water partition coefficient (Wildman–Crippen LogP) is 3.92. The molecule has 1 aromatic carbocycles. The molecule has 21 heavy (non-hydrogen) atoms. The molecule has 2 aliphatic rings. The number of hydrogen-bond acceptors (Lipinski definition) is 2. The largest absolute Gasteiger partial charge is 0.303 e. The number of benzene rings is 1. The van der Waals surface area contributed by atoms with E-state index >= 15 is 0 Å². The van der Waals surface area contributed by atoms with E-state index in [0.29, 0.717) is 12.2 Å². The zero-order chi connectivity index (χ0) is 14.8. The molecule has 0 bridgehead atoms. The minimum Gasteiger partial charge on any atom is -0.303 e. The van der Waals surface area contributed by atoms with Gasteiger partial charge in [0.05, 0.1) is 0 Å². The first-order chi connectivity index (χ1) is 10.1. The molecule has 0 spiro atoms. The fourth-order valence-corrected chi connectivity index (χ4v) is 3.57. The van der Waals surface area contributed by atoms with Crippen LogP contribution in [0.2, 0.25) is 0 Å². The first kappa shape index (κ1) is 14.8. The average Bonchev–Trinajstić information content (AvgIpc) is 3.25. The molecular weight excluding hydrogens is 258 g/mol. The van der Waals surface area contributed by atoms with Gasteiger partial charge in [-0.05, 0) is 75.6 Å². The Balaban J connectivity index is 1.78. The molecule has 2 nitrogen and oxygen atoms in total. The van der Waals surface area contributed by atoms with Gasteiger partial charge in [-0.1, -0.05) is 11.6 Å². The average molecular weight is 285 g/mol. The van der Waals surface area contributed by atoms with Gasteiger partial charge in [-0.3, -0.25) is 4.79 Å². The van der Waals surface area contributed by atoms with Crippen molar-refractivity contribution in [2.75, 3.05) is 19.6 Å². The monoisotopic (exact) mass is 285 g/mol. The molecule has 1 saturated carbocycles. The molecule has 0 aromatic heterocycles. The number of fused-ring (bicyclic) bond motifs is 1. The first-order valence-corrected chi connectivity index (χ1v) is 8.49. The smallest absolute Gasteiger partial charge is 0.164 e. The van der Waals surface area contributed by atoms with Crippen molar-refractivity contribution in [1.82, 2.24) is 4.90 Å². The lowest BCUT2D eigenvalue weighted by Gasteiger charge is -2.24. The molecule has 0 radical (unpaired) electrons. The minimum atomic E-state index is 0.347. The Bertz CT molecular complexity index is 531. The highest BCUT2D eigenvalue weighted by molar-refractivity contribution is 5.98. The number of carbonyl (C=O) groups excluding carboxylic acids is 1. The van der Waals surface area contributed by atoms with E-state index < -0.39 is 0 Å². The zero-order valence-corrected chi connectivity index (χ0v) is 13.5. The predicted molar refractivity (Wildman–Crippen MR) is 87.0 cm³/mol. The Morgan fingerprint density at radius 1 is 1.10 bits per heavy atom. The van der Waals surface area contributed by atoms with Gasteiger partial charge in [0, 0.05) is 25.1 Å². The van der Waals surface area contributed by atoms with Gasteiger partial charge in [-0.2, -0.15) is 0 Å². The molecule has 2 heteroatoms. The van der Waals surface area contributed by atoms with Crippen LogP contribution < -0.4 is 0 Å². The van der Waals surface area contributed by atoms with Gasteiger partial charge in [-0.15, -0.1) is 0 Å². The molecule has 0 unspecified atom stereocenters. The standard InChI is InChI=1S/C19H27NO/c1-14-11-15(2)17-5-3-4-9-20(13-16-6-7-16)10-8-19(21)18(17)12-14/h11-12,16H,3-10,13H2,1-2H3. The second-order valence-corrected chi connectivity index (χ2v) is 6.98. The van der Waals surface area contributed by atoms with Gasteiger partial charge < -0.3 is 4.90 Å². The molecule has 1 aliphatic carbocycles. The van der Waals surface area contributed by atoms with Crippen LogP contribution in [0, 0.1) is 19.8 Å². The molecule has 0 saturated heterocycles. The first-order valence-electron chi connectivity index (χ1n) is 8.49. The van der Waals surface area contributed by atoms with Gasteiger partial charge in [0.2, 0.25) is 0 Å². The van der Waals surface area contributed by atoms with Crippen molar-refractivity contribution in [2.24, 2.45) is 5.92 Å². The number of hydrogen-bond donors (Lipinski definition) is 0. The lowest BCUT2D eigenvalue weighted by atomic mass is 9.91. The Kier molecular flexibility index (Phi) is 4.44. The van der Waals surface area contributed by atoms with Gasteiger partial charge in [0.15, 0.2) is 5.78 Å². The Morgan fingerprint density at radius 2 is 1.90 bits per heavy atom. The molecule has 0 N–H and O–H groups in total. The van der Waals surface area contributed by atoms with Crippen molar-refractivity contribution >= 4 is 5.78 Å². The highest BCUT2D eigenvalue weighted by atomic mass is 16.1. The fourth-order valence-electron chi connectivity index (χ4n) is 3.57. The van der Waals surface area contributed by atoms with Crippen LogP contribution in [0.1, 0.15) is 59.2 Å². The van der Waals surface area contributed by atoms with E-state index in [4.69, 9.17) is 0 Å². The quantitative estimate of drug-likeness (QED) is 0.820. The SMILES string of the molecule is Cc1cc(C)c2c(c1)C(=O)CCN(CC1CC1)CCCC2. The van der Waals surface area contributed by atoms with Crippen molar-refractivity contribution in [1.29, 1.82) is 0 Å². The van der Waals surface area contributed by atoms with Crippen LogP contribution in [-0.4, -0.2) is 30.3 Å². The van der Waals surface area contributed by atoms with Gasteiger partial charge in [0.25, 0.3) is 0 Å². The van der Waals surface area contributed by atoms with Crippen LogP contribution in [0.15, 0.2) is 12.1 Å². The Morgan fingerprint density at radius 3 is 2.67 bits per heavy atom. The summed E-state index contributed by atoms with van der Waals surface area (Å²) >= 11 is 0. The van der Waals surface area contributed by atoms with E-state index in [1.165, 1.54) is 55.5 Å². The van der Waals surface area contributed by atoms with Crippen molar-refractivity contribution in [3.05, 3.63) is 34.4 Å². The van der Waals surface area contributed by atoms with Gasteiger partial charge >= 0.3 is 0 Å². The number of aryl methyl sites for hydroxylation is 2. The molecule has 1 heterocycles. The summed E-state index contributed by atoms with van der Waals surface area (Å²) in [5, 5.41) is 0. The summed E-state index contributed by atoms with van der Waals surface area (Å²) in [6.07, 6.45) is 6.99. The van der Waals surface area contributed by atoms with Crippen LogP contribution in [0.3, 0.4) is 0 Å². The van der Waals surface area contributed by atoms with Crippen LogP contribution >= 0.6 is 0 Å². The maximum Gasteiger partial charge on any atom is 0.164 e. The van der Waals surface area contributed by atoms with Crippen molar-refractivity contribution in [3.8, 4) is 0 Å². The van der Waals surface area contributed by atoms with Crippen LogP contribution in [0.5, 0.6) is 0 Å². The maximum atomic E-state index is 12.6. The van der Waals surface area contributed by atoms with E-state index in [2.05, 4.69) is 30.9 Å². The highest BCUT2D eigenvalue weighted by Crippen LogP contribution is 2.30. The third-order valence-electron chi connectivity index (χ3n) is 4.94. The zero-order valence-electron chi connectivity index (χ0n) is 13.5. The van der Waals surface area contributed by atoms with Crippen LogP contribution in [0.25, 0.3) is 0 Å². The summed E-state index contributed by atoms with van der Waals surface area (Å²) in [6.45, 7) is 7.59.